The van der Waals surface area contributed by atoms with Crippen LogP contribution >= 0.6 is 0 Å². The van der Waals surface area contributed by atoms with Crippen molar-refractivity contribution >= 4 is 23.2 Å². The van der Waals surface area contributed by atoms with Crippen molar-refractivity contribution in [3.05, 3.63) is 47.8 Å². The number of amides is 2. The van der Waals surface area contributed by atoms with E-state index in [4.69, 9.17) is 9.47 Å². The molecular weight excluding hydrogens is 353 g/mol. The fourth-order valence-corrected chi connectivity index (χ4v) is 2.08. The molecule has 0 heterocycles. The minimum absolute atomic E-state index is 0.347. The van der Waals surface area contributed by atoms with Crippen LogP contribution in [0.4, 0.5) is 24.5 Å². The zero-order chi connectivity index (χ0) is 19.3. The van der Waals surface area contributed by atoms with Gasteiger partial charge in [-0.15, -0.1) is 0 Å². The molecule has 0 saturated carbocycles. The highest BCUT2D eigenvalue weighted by Crippen LogP contribution is 2.29. The lowest BCUT2D eigenvalue weighted by molar-refractivity contribution is -0.123. The van der Waals surface area contributed by atoms with E-state index < -0.39 is 41.4 Å². The van der Waals surface area contributed by atoms with Crippen LogP contribution in [-0.2, 0) is 9.59 Å². The van der Waals surface area contributed by atoms with Crippen LogP contribution in [0.15, 0.2) is 30.3 Å². The summed E-state index contributed by atoms with van der Waals surface area (Å²) in [5, 5.41) is 4.47. The van der Waals surface area contributed by atoms with E-state index in [-0.39, 0.29) is 0 Å². The van der Waals surface area contributed by atoms with Gasteiger partial charge in [-0.05, 0) is 24.3 Å². The summed E-state index contributed by atoms with van der Waals surface area (Å²) in [7, 11) is 2.88. The van der Waals surface area contributed by atoms with Crippen molar-refractivity contribution in [2.75, 3.05) is 24.9 Å². The molecule has 0 spiro atoms. The normalized spacial score (nSPS) is 10.2. The zero-order valence-corrected chi connectivity index (χ0v) is 13.9. The monoisotopic (exact) mass is 368 g/mol. The third kappa shape index (κ3) is 4.44. The van der Waals surface area contributed by atoms with Crippen LogP contribution in [0.1, 0.15) is 6.42 Å². The average Bonchev–Trinajstić information content (AvgIpc) is 2.61. The standard InChI is InChI=1S/C17H15F3N2O4/c1-25-12-6-3-9(7-13(12)26-2)21-14(23)8-15(24)22-11-5-4-10(18)16(19)17(11)20/h3-7H,8H2,1-2H3,(H,21,23)(H,22,24). The minimum Gasteiger partial charge on any atom is -0.493 e. The molecular formula is C17H15F3N2O4. The van der Waals surface area contributed by atoms with E-state index in [1.807, 2.05) is 5.32 Å². The molecule has 0 aliphatic carbocycles. The van der Waals surface area contributed by atoms with E-state index in [0.29, 0.717) is 23.3 Å². The Morgan fingerprint density at radius 3 is 2.19 bits per heavy atom. The van der Waals surface area contributed by atoms with Gasteiger partial charge in [-0.2, -0.15) is 0 Å². The Bertz CT molecular complexity index is 843. The lowest BCUT2D eigenvalue weighted by atomic mass is 10.2. The van der Waals surface area contributed by atoms with Crippen molar-refractivity contribution < 1.29 is 32.2 Å². The van der Waals surface area contributed by atoms with E-state index in [1.54, 1.807) is 6.07 Å². The number of hydrogen-bond acceptors (Lipinski definition) is 4. The average molecular weight is 368 g/mol. The number of rotatable bonds is 6. The molecule has 0 radical (unpaired) electrons. The van der Waals surface area contributed by atoms with E-state index >= 15 is 0 Å². The van der Waals surface area contributed by atoms with Crippen molar-refractivity contribution in [3.63, 3.8) is 0 Å². The fraction of sp³-hybridized carbons (Fsp3) is 0.176. The molecule has 9 heteroatoms. The molecule has 0 aromatic heterocycles. The van der Waals surface area contributed by atoms with Gasteiger partial charge in [-0.1, -0.05) is 0 Å². The third-order valence-corrected chi connectivity index (χ3v) is 3.30. The number of nitrogens with one attached hydrogen (secondary N) is 2. The summed E-state index contributed by atoms with van der Waals surface area (Å²) >= 11 is 0. The number of halogens is 3. The van der Waals surface area contributed by atoms with Crippen LogP contribution in [0.25, 0.3) is 0 Å². The Labute approximate surface area is 146 Å². The van der Waals surface area contributed by atoms with Gasteiger partial charge in [0.15, 0.2) is 29.0 Å². The van der Waals surface area contributed by atoms with Gasteiger partial charge in [0.2, 0.25) is 11.8 Å². The summed E-state index contributed by atoms with van der Waals surface area (Å²) in [4.78, 5) is 23.7. The second kappa shape index (κ2) is 8.24. The first-order valence-electron chi connectivity index (χ1n) is 7.31. The predicted octanol–water partition coefficient (Wildman–Crippen LogP) is 3.09. The first-order chi connectivity index (χ1) is 12.3. The highest BCUT2D eigenvalue weighted by molar-refractivity contribution is 6.08. The summed E-state index contributed by atoms with van der Waals surface area (Å²) < 4.78 is 49.6. The predicted molar refractivity (Wildman–Crippen MR) is 87.7 cm³/mol. The largest absolute Gasteiger partial charge is 0.493 e. The van der Waals surface area contributed by atoms with E-state index in [9.17, 15) is 22.8 Å². The summed E-state index contributed by atoms with van der Waals surface area (Å²) in [5.41, 5.74) is -0.215. The summed E-state index contributed by atoms with van der Waals surface area (Å²) in [5.74, 6) is -5.40. The SMILES string of the molecule is COc1ccc(NC(=O)CC(=O)Nc2ccc(F)c(F)c2F)cc1OC. The highest BCUT2D eigenvalue weighted by Gasteiger charge is 2.17. The van der Waals surface area contributed by atoms with Crippen LogP contribution in [0.5, 0.6) is 11.5 Å². The van der Waals surface area contributed by atoms with Crippen molar-refractivity contribution in [3.8, 4) is 11.5 Å². The molecule has 2 aromatic carbocycles. The number of methoxy groups -OCH3 is 2. The van der Waals surface area contributed by atoms with E-state index in [1.165, 1.54) is 26.4 Å². The Morgan fingerprint density at radius 1 is 0.885 bits per heavy atom. The maximum Gasteiger partial charge on any atom is 0.233 e. The Balaban J connectivity index is 1.99. The number of carbonyl (C=O) groups excluding carboxylic acids is 2. The Morgan fingerprint density at radius 2 is 1.54 bits per heavy atom. The third-order valence-electron chi connectivity index (χ3n) is 3.30. The molecule has 2 amide bonds. The van der Waals surface area contributed by atoms with Gasteiger partial charge in [0.25, 0.3) is 0 Å². The maximum atomic E-state index is 13.5. The van der Waals surface area contributed by atoms with Crippen LogP contribution in [0, 0.1) is 17.5 Å². The molecule has 2 N–H and O–H groups in total. The fourth-order valence-electron chi connectivity index (χ4n) is 2.08. The second-order valence-corrected chi connectivity index (χ2v) is 5.07. The lowest BCUT2D eigenvalue weighted by Gasteiger charge is -2.11. The van der Waals surface area contributed by atoms with Gasteiger partial charge in [0, 0.05) is 11.8 Å². The molecule has 0 unspecified atom stereocenters. The minimum atomic E-state index is -1.71. The second-order valence-electron chi connectivity index (χ2n) is 5.07. The summed E-state index contributed by atoms with van der Waals surface area (Å²) in [6, 6.07) is 6.11. The van der Waals surface area contributed by atoms with Gasteiger partial charge >= 0.3 is 0 Å². The van der Waals surface area contributed by atoms with Gasteiger partial charge in [-0.25, -0.2) is 13.2 Å². The number of benzene rings is 2. The first kappa shape index (κ1) is 19.1. The Kier molecular flexibility index (Phi) is 6.05. The molecule has 138 valence electrons. The van der Waals surface area contributed by atoms with E-state index in [2.05, 4.69) is 5.32 Å². The van der Waals surface area contributed by atoms with Crippen molar-refractivity contribution in [2.45, 2.75) is 6.42 Å². The smallest absolute Gasteiger partial charge is 0.233 e. The number of hydrogen-bond donors (Lipinski definition) is 2. The van der Waals surface area contributed by atoms with Gasteiger partial charge in [0.05, 0.1) is 19.9 Å². The van der Waals surface area contributed by atoms with Crippen LogP contribution in [0.3, 0.4) is 0 Å². The first-order valence-corrected chi connectivity index (χ1v) is 7.31. The van der Waals surface area contributed by atoms with Crippen LogP contribution < -0.4 is 20.1 Å². The quantitative estimate of drug-likeness (QED) is 0.607. The molecule has 0 aliphatic rings. The molecule has 0 aliphatic heterocycles. The number of anilines is 2. The van der Waals surface area contributed by atoms with Gasteiger partial charge in [0.1, 0.15) is 6.42 Å². The number of ether oxygens (including phenoxy) is 2. The molecule has 2 aromatic rings. The summed E-state index contributed by atoms with van der Waals surface area (Å²) in [6.07, 6.45) is -0.660. The maximum absolute atomic E-state index is 13.5. The molecule has 2 rings (SSSR count). The van der Waals surface area contributed by atoms with Crippen molar-refractivity contribution in [1.82, 2.24) is 0 Å². The molecule has 0 bridgehead atoms. The number of carbonyl (C=O) groups is 2. The van der Waals surface area contributed by atoms with Gasteiger partial charge in [-0.3, -0.25) is 9.59 Å². The molecule has 0 saturated heterocycles. The highest BCUT2D eigenvalue weighted by atomic mass is 19.2. The topological polar surface area (TPSA) is 76.7 Å². The lowest BCUT2D eigenvalue weighted by Crippen LogP contribution is -2.22. The van der Waals surface area contributed by atoms with E-state index in [0.717, 1.165) is 6.07 Å². The molecule has 6 nitrogen and oxygen atoms in total. The summed E-state index contributed by atoms with van der Waals surface area (Å²) in [6.45, 7) is 0. The zero-order valence-electron chi connectivity index (χ0n) is 13.9. The molecule has 0 fully saturated rings. The van der Waals surface area contributed by atoms with Crippen LogP contribution in [-0.4, -0.2) is 26.0 Å². The Hall–Kier alpha value is -3.23. The van der Waals surface area contributed by atoms with Crippen molar-refractivity contribution in [2.24, 2.45) is 0 Å². The van der Waals surface area contributed by atoms with Crippen LogP contribution in [0.2, 0.25) is 0 Å². The molecule has 26 heavy (non-hydrogen) atoms. The molecule has 0 atom stereocenters. The van der Waals surface area contributed by atoms with Gasteiger partial charge < -0.3 is 20.1 Å². The van der Waals surface area contributed by atoms with Crippen molar-refractivity contribution in [1.29, 1.82) is 0 Å².